The highest BCUT2D eigenvalue weighted by Crippen LogP contribution is 2.28. The molecule has 1 atom stereocenters. The molecule has 0 saturated heterocycles. The van der Waals surface area contributed by atoms with E-state index in [1.807, 2.05) is 43.3 Å². The fourth-order valence-electron chi connectivity index (χ4n) is 2.41. The number of methoxy groups -OCH3 is 1. The van der Waals surface area contributed by atoms with E-state index >= 15 is 0 Å². The van der Waals surface area contributed by atoms with Gasteiger partial charge in [0.15, 0.2) is 0 Å². The summed E-state index contributed by atoms with van der Waals surface area (Å²) in [5.74, 6) is 0.0384. The van der Waals surface area contributed by atoms with Gasteiger partial charge in [0.05, 0.1) is 7.11 Å². The SMILES string of the molecule is COc1cccc(-c2nnc(NC(=O)C(C)NC(=O)c3ccc(C)cc3)s2)c1. The zero-order chi connectivity index (χ0) is 20.1. The van der Waals surface area contributed by atoms with E-state index in [4.69, 9.17) is 4.74 Å². The minimum absolute atomic E-state index is 0.308. The molecule has 1 unspecified atom stereocenters. The lowest BCUT2D eigenvalue weighted by Crippen LogP contribution is -2.41. The van der Waals surface area contributed by atoms with Crippen LogP contribution in [0.1, 0.15) is 22.8 Å². The van der Waals surface area contributed by atoms with Crippen LogP contribution in [0.3, 0.4) is 0 Å². The standard InChI is InChI=1S/C20H20N4O3S/c1-12-7-9-14(10-8-12)18(26)21-13(2)17(25)22-20-24-23-19(28-20)15-5-4-6-16(11-15)27-3/h4-11,13H,1-3H3,(H,21,26)(H,22,24,25). The van der Waals surface area contributed by atoms with E-state index in [1.54, 1.807) is 26.2 Å². The van der Waals surface area contributed by atoms with Gasteiger partial charge in [-0.3, -0.25) is 14.9 Å². The van der Waals surface area contributed by atoms with Crippen molar-refractivity contribution in [1.29, 1.82) is 0 Å². The minimum atomic E-state index is -0.724. The monoisotopic (exact) mass is 396 g/mol. The summed E-state index contributed by atoms with van der Waals surface area (Å²) in [6.45, 7) is 3.56. The number of aromatic nitrogens is 2. The zero-order valence-corrected chi connectivity index (χ0v) is 16.5. The molecule has 144 valence electrons. The van der Waals surface area contributed by atoms with Crippen molar-refractivity contribution in [2.45, 2.75) is 19.9 Å². The molecule has 28 heavy (non-hydrogen) atoms. The largest absolute Gasteiger partial charge is 0.497 e. The van der Waals surface area contributed by atoms with Crippen LogP contribution in [0.5, 0.6) is 5.75 Å². The predicted octanol–water partition coefficient (Wildman–Crippen LogP) is 3.28. The van der Waals surface area contributed by atoms with Gasteiger partial charge in [0, 0.05) is 11.1 Å². The lowest BCUT2D eigenvalue weighted by atomic mass is 10.1. The first-order valence-electron chi connectivity index (χ1n) is 8.62. The van der Waals surface area contributed by atoms with E-state index in [9.17, 15) is 9.59 Å². The minimum Gasteiger partial charge on any atom is -0.497 e. The van der Waals surface area contributed by atoms with E-state index in [2.05, 4.69) is 20.8 Å². The molecule has 2 N–H and O–H groups in total. The Morgan fingerprint density at radius 3 is 2.57 bits per heavy atom. The molecule has 0 aliphatic heterocycles. The second kappa shape index (κ2) is 8.62. The molecule has 2 aromatic carbocycles. The van der Waals surface area contributed by atoms with E-state index in [-0.39, 0.29) is 11.8 Å². The van der Waals surface area contributed by atoms with Crippen molar-refractivity contribution in [1.82, 2.24) is 15.5 Å². The van der Waals surface area contributed by atoms with E-state index in [0.717, 1.165) is 11.1 Å². The highest BCUT2D eigenvalue weighted by Gasteiger charge is 2.18. The summed E-state index contributed by atoms with van der Waals surface area (Å²) in [6, 6.07) is 13.8. The molecule has 0 radical (unpaired) electrons. The maximum absolute atomic E-state index is 12.4. The van der Waals surface area contributed by atoms with Crippen molar-refractivity contribution in [2.75, 3.05) is 12.4 Å². The van der Waals surface area contributed by atoms with E-state index in [0.29, 0.717) is 21.5 Å². The van der Waals surface area contributed by atoms with Crippen molar-refractivity contribution in [3.05, 3.63) is 59.7 Å². The third kappa shape index (κ3) is 4.72. The number of nitrogens with zero attached hydrogens (tertiary/aromatic N) is 2. The summed E-state index contributed by atoms with van der Waals surface area (Å²) in [7, 11) is 1.59. The highest BCUT2D eigenvalue weighted by molar-refractivity contribution is 7.18. The van der Waals surface area contributed by atoms with Gasteiger partial charge in [-0.15, -0.1) is 10.2 Å². The first-order chi connectivity index (χ1) is 13.5. The summed E-state index contributed by atoms with van der Waals surface area (Å²) in [5.41, 5.74) is 2.41. The van der Waals surface area contributed by atoms with Gasteiger partial charge in [0.2, 0.25) is 11.0 Å². The molecule has 3 aromatic rings. The summed E-state index contributed by atoms with van der Waals surface area (Å²) in [5, 5.41) is 14.5. The first kappa shape index (κ1) is 19.5. The number of nitrogens with one attached hydrogen (secondary N) is 2. The quantitative estimate of drug-likeness (QED) is 0.667. The molecule has 0 bridgehead atoms. The Morgan fingerprint density at radius 2 is 1.86 bits per heavy atom. The van der Waals surface area contributed by atoms with Crippen molar-refractivity contribution in [2.24, 2.45) is 0 Å². The molecular formula is C20H20N4O3S. The number of ether oxygens (including phenoxy) is 1. The van der Waals surface area contributed by atoms with E-state index < -0.39 is 6.04 Å². The van der Waals surface area contributed by atoms with Crippen molar-refractivity contribution in [3.8, 4) is 16.3 Å². The number of hydrogen-bond acceptors (Lipinski definition) is 6. The van der Waals surface area contributed by atoms with Crippen LogP contribution in [-0.4, -0.2) is 35.2 Å². The van der Waals surface area contributed by atoms with Crippen LogP contribution in [0.2, 0.25) is 0 Å². The highest BCUT2D eigenvalue weighted by atomic mass is 32.1. The van der Waals surface area contributed by atoms with E-state index in [1.165, 1.54) is 11.3 Å². The van der Waals surface area contributed by atoms with Crippen LogP contribution in [-0.2, 0) is 4.79 Å². The van der Waals surface area contributed by atoms with Crippen LogP contribution in [0, 0.1) is 6.92 Å². The topological polar surface area (TPSA) is 93.2 Å². The van der Waals surface area contributed by atoms with Crippen LogP contribution >= 0.6 is 11.3 Å². The summed E-state index contributed by atoms with van der Waals surface area (Å²) in [6.07, 6.45) is 0. The first-order valence-corrected chi connectivity index (χ1v) is 9.44. The predicted molar refractivity (Wildman–Crippen MR) is 109 cm³/mol. The Labute approximate surface area is 166 Å². The normalized spacial score (nSPS) is 11.5. The fourth-order valence-corrected chi connectivity index (χ4v) is 3.15. The van der Waals surface area contributed by atoms with Gasteiger partial charge in [0.25, 0.3) is 5.91 Å². The molecule has 0 aliphatic carbocycles. The Kier molecular flexibility index (Phi) is 6.00. The molecule has 8 heteroatoms. The zero-order valence-electron chi connectivity index (χ0n) is 15.7. The molecule has 1 aromatic heterocycles. The van der Waals surface area contributed by atoms with Crippen LogP contribution < -0.4 is 15.4 Å². The molecule has 3 rings (SSSR count). The third-order valence-electron chi connectivity index (χ3n) is 4.03. The molecule has 0 saturated carbocycles. The maximum Gasteiger partial charge on any atom is 0.251 e. The molecule has 0 aliphatic rings. The van der Waals surface area contributed by atoms with Gasteiger partial charge in [-0.05, 0) is 38.1 Å². The van der Waals surface area contributed by atoms with Crippen LogP contribution in [0.4, 0.5) is 5.13 Å². The van der Waals surface area contributed by atoms with Crippen molar-refractivity contribution < 1.29 is 14.3 Å². The Balaban J connectivity index is 1.62. The molecule has 7 nitrogen and oxygen atoms in total. The Hall–Kier alpha value is -3.26. The van der Waals surface area contributed by atoms with Crippen molar-refractivity contribution in [3.63, 3.8) is 0 Å². The number of anilines is 1. The molecular weight excluding hydrogens is 376 g/mol. The number of aryl methyl sites for hydroxylation is 1. The number of hydrogen-bond donors (Lipinski definition) is 2. The number of benzene rings is 2. The number of amides is 2. The molecule has 0 fully saturated rings. The van der Waals surface area contributed by atoms with Gasteiger partial charge in [0.1, 0.15) is 16.8 Å². The molecule has 2 amide bonds. The van der Waals surface area contributed by atoms with Crippen LogP contribution in [0.15, 0.2) is 48.5 Å². The van der Waals surface area contributed by atoms with Gasteiger partial charge >= 0.3 is 0 Å². The summed E-state index contributed by atoms with van der Waals surface area (Å²) >= 11 is 1.25. The van der Waals surface area contributed by atoms with Crippen LogP contribution in [0.25, 0.3) is 10.6 Å². The number of rotatable bonds is 6. The average molecular weight is 396 g/mol. The Bertz CT molecular complexity index is 985. The smallest absolute Gasteiger partial charge is 0.251 e. The fraction of sp³-hybridized carbons (Fsp3) is 0.200. The third-order valence-corrected chi connectivity index (χ3v) is 4.91. The summed E-state index contributed by atoms with van der Waals surface area (Å²) in [4.78, 5) is 24.6. The summed E-state index contributed by atoms with van der Waals surface area (Å²) < 4.78 is 5.21. The van der Waals surface area contributed by atoms with Gasteiger partial charge in [-0.25, -0.2) is 0 Å². The lowest BCUT2D eigenvalue weighted by Gasteiger charge is -2.12. The maximum atomic E-state index is 12.4. The second-order valence-electron chi connectivity index (χ2n) is 6.19. The lowest BCUT2D eigenvalue weighted by molar-refractivity contribution is -0.117. The van der Waals surface area contributed by atoms with Gasteiger partial charge < -0.3 is 10.1 Å². The van der Waals surface area contributed by atoms with Crippen molar-refractivity contribution >= 4 is 28.3 Å². The number of carbonyl (C=O) groups is 2. The molecule has 0 spiro atoms. The molecule has 1 heterocycles. The number of carbonyl (C=O) groups excluding carboxylic acids is 2. The Morgan fingerprint density at radius 1 is 1.11 bits per heavy atom. The van der Waals surface area contributed by atoms with Gasteiger partial charge in [-0.1, -0.05) is 41.2 Å². The van der Waals surface area contributed by atoms with Gasteiger partial charge in [-0.2, -0.15) is 0 Å². The second-order valence-corrected chi connectivity index (χ2v) is 7.17. The average Bonchev–Trinajstić information content (AvgIpc) is 3.17.